The molecular weight excluding hydrogens is 459 g/mol. The number of carbonyl (C=O) groups is 1. The van der Waals surface area contributed by atoms with Crippen LogP contribution in [0.1, 0.15) is 124 Å². The van der Waals surface area contributed by atoms with E-state index in [1.165, 1.54) is 102 Å². The Morgan fingerprint density at radius 2 is 1.36 bits per heavy atom. The van der Waals surface area contributed by atoms with Crippen molar-refractivity contribution < 1.29 is 28.8 Å². The molecule has 0 amide bonds. The van der Waals surface area contributed by atoms with Crippen LogP contribution in [0.15, 0.2) is 0 Å². The van der Waals surface area contributed by atoms with Crippen molar-refractivity contribution in [3.63, 3.8) is 0 Å². The number of unbranched alkanes of at least 4 members (excludes halogenated alkanes) is 12. The molecule has 6 nitrogen and oxygen atoms in total. The molecule has 0 fully saturated rings. The van der Waals surface area contributed by atoms with Crippen molar-refractivity contribution >= 4 is 25.5 Å². The van der Waals surface area contributed by atoms with Crippen molar-refractivity contribution in [2.24, 2.45) is 0 Å². The highest BCUT2D eigenvalue weighted by molar-refractivity contribution is 7.99. The highest BCUT2D eigenvalue weighted by Gasteiger charge is 2.34. The molecule has 0 aliphatic rings. The van der Waals surface area contributed by atoms with Crippen LogP contribution < -0.4 is 0 Å². The van der Waals surface area contributed by atoms with Crippen LogP contribution in [-0.2, 0) is 18.7 Å². The third kappa shape index (κ3) is 20.9. The van der Waals surface area contributed by atoms with Crippen molar-refractivity contribution in [1.29, 1.82) is 0 Å². The molecule has 0 rings (SSSR count). The lowest BCUT2D eigenvalue weighted by molar-refractivity contribution is -0.168. The fraction of sp³-hybridized carbons (Fsp3) is 0.960. The van der Waals surface area contributed by atoms with E-state index in [1.807, 2.05) is 11.8 Å². The first-order valence-corrected chi connectivity index (χ1v) is 15.5. The van der Waals surface area contributed by atoms with E-state index in [4.69, 9.17) is 14.5 Å². The Morgan fingerprint density at radius 1 is 0.818 bits per heavy atom. The second-order valence-corrected chi connectivity index (χ2v) is 11.3. The molecule has 3 atom stereocenters. The minimum atomic E-state index is -2.64. The number of hydrogen-bond donors (Lipinski definition) is 1. The lowest BCUT2D eigenvalue weighted by Crippen LogP contribution is -2.24. The zero-order valence-corrected chi connectivity index (χ0v) is 23.1. The van der Waals surface area contributed by atoms with Crippen molar-refractivity contribution in [1.82, 2.24) is 0 Å². The van der Waals surface area contributed by atoms with Gasteiger partial charge in [-0.15, -0.1) is 4.52 Å². The summed E-state index contributed by atoms with van der Waals surface area (Å²) in [5, 5.41) is 8.67. The summed E-state index contributed by atoms with van der Waals surface area (Å²) in [6.07, 6.45) is 20.5. The second-order valence-electron chi connectivity index (χ2n) is 8.82. The minimum absolute atomic E-state index is 0.129. The zero-order chi connectivity index (χ0) is 24.6. The minimum Gasteiger partial charge on any atom is -0.377 e. The summed E-state index contributed by atoms with van der Waals surface area (Å²) in [7, 11) is -2.64. The Hall–Kier alpha value is -0.200. The first-order chi connectivity index (χ1) is 16.1. The maximum absolute atomic E-state index is 11.3. The van der Waals surface area contributed by atoms with Crippen molar-refractivity contribution in [3.8, 4) is 0 Å². The highest BCUT2D eigenvalue weighted by atomic mass is 32.2. The Morgan fingerprint density at radius 3 is 1.94 bits per heavy atom. The first kappa shape index (κ1) is 32.8. The summed E-state index contributed by atoms with van der Waals surface area (Å²) in [6, 6.07) is 0. The Labute approximate surface area is 208 Å². The van der Waals surface area contributed by atoms with Crippen LogP contribution in [-0.4, -0.2) is 41.3 Å². The molecule has 1 N–H and O–H groups in total. The molecule has 33 heavy (non-hydrogen) atoms. The number of rotatable bonds is 25. The number of carbonyl (C=O) groups excluding carboxylic acids is 1. The summed E-state index contributed by atoms with van der Waals surface area (Å²) in [6.45, 7) is 7.26. The Balaban J connectivity index is 4.01. The molecule has 0 heterocycles. The molecule has 0 aromatic carbocycles. The van der Waals surface area contributed by atoms with Gasteiger partial charge in [0.25, 0.3) is 0 Å². The largest absolute Gasteiger partial charge is 0.639 e. The fourth-order valence-electron chi connectivity index (χ4n) is 3.72. The summed E-state index contributed by atoms with van der Waals surface area (Å²) in [4.78, 5) is 14.3. The van der Waals surface area contributed by atoms with Crippen molar-refractivity contribution in [2.45, 2.75) is 135 Å². The maximum Gasteiger partial charge on any atom is 0.639 e. The predicted octanol–water partition coefficient (Wildman–Crippen LogP) is 9.14. The van der Waals surface area contributed by atoms with Gasteiger partial charge < -0.3 is 4.74 Å². The van der Waals surface area contributed by atoms with Gasteiger partial charge in [0.2, 0.25) is 0 Å². The van der Waals surface area contributed by atoms with E-state index < -0.39 is 13.7 Å². The van der Waals surface area contributed by atoms with Gasteiger partial charge in [-0.05, 0) is 36.5 Å². The van der Waals surface area contributed by atoms with Crippen LogP contribution in [0.25, 0.3) is 0 Å². The van der Waals surface area contributed by atoms with E-state index in [0.29, 0.717) is 18.3 Å². The van der Waals surface area contributed by atoms with Crippen LogP contribution in [0.4, 0.5) is 4.79 Å². The molecule has 196 valence electrons. The van der Waals surface area contributed by atoms with Crippen LogP contribution in [0.2, 0.25) is 0 Å². The molecule has 0 aliphatic heterocycles. The zero-order valence-electron chi connectivity index (χ0n) is 21.4. The van der Waals surface area contributed by atoms with E-state index >= 15 is 0 Å². The topological polar surface area (TPSA) is 82.1 Å². The molecule has 0 aliphatic carbocycles. The van der Waals surface area contributed by atoms with Crippen LogP contribution >= 0.6 is 19.8 Å². The molecule has 0 bridgehead atoms. The summed E-state index contributed by atoms with van der Waals surface area (Å²) in [5.41, 5.74) is -1.25. The SMILES string of the molecule is CCCCCCCCCCCCSC(CCCCCC)C(C)OCCCO[P+](=O)C(=O)OO. The van der Waals surface area contributed by atoms with Gasteiger partial charge in [0.15, 0.2) is 0 Å². The van der Waals surface area contributed by atoms with Crippen LogP contribution in [0.5, 0.6) is 0 Å². The van der Waals surface area contributed by atoms with Gasteiger partial charge >= 0.3 is 13.7 Å². The van der Waals surface area contributed by atoms with Gasteiger partial charge in [0, 0.05) is 11.9 Å². The number of ether oxygens (including phenoxy) is 1. The number of thioether (sulfide) groups is 1. The first-order valence-electron chi connectivity index (χ1n) is 13.3. The fourth-order valence-corrected chi connectivity index (χ4v) is 5.54. The smallest absolute Gasteiger partial charge is 0.377 e. The van der Waals surface area contributed by atoms with E-state index in [-0.39, 0.29) is 12.7 Å². The van der Waals surface area contributed by atoms with E-state index in [2.05, 4.69) is 25.7 Å². The molecule has 0 saturated heterocycles. The molecule has 0 radical (unpaired) electrons. The molecule has 8 heteroatoms. The molecule has 0 saturated carbocycles. The average Bonchev–Trinajstić information content (AvgIpc) is 2.82. The van der Waals surface area contributed by atoms with Gasteiger partial charge in [-0.3, -0.25) is 4.89 Å². The quantitative estimate of drug-likeness (QED) is 0.0568. The lowest BCUT2D eigenvalue weighted by atomic mass is 10.1. The van der Waals surface area contributed by atoms with Crippen molar-refractivity contribution in [2.75, 3.05) is 19.0 Å². The monoisotopic (exact) mass is 509 g/mol. The van der Waals surface area contributed by atoms with Gasteiger partial charge in [-0.25, -0.2) is 0 Å². The third-order valence-corrected chi connectivity index (χ3v) is 8.17. The predicted molar refractivity (Wildman–Crippen MR) is 140 cm³/mol. The van der Waals surface area contributed by atoms with Gasteiger partial charge in [-0.1, -0.05) is 97.3 Å². The van der Waals surface area contributed by atoms with Crippen LogP contribution in [0, 0.1) is 0 Å². The van der Waals surface area contributed by atoms with E-state index in [9.17, 15) is 9.36 Å². The molecule has 0 spiro atoms. The summed E-state index contributed by atoms with van der Waals surface area (Å²) >= 11 is 2.05. The van der Waals surface area contributed by atoms with E-state index in [0.717, 1.165) is 0 Å². The Bertz CT molecular complexity index is 466. The normalized spacial score (nSPS) is 13.6. The van der Waals surface area contributed by atoms with Crippen LogP contribution in [0.3, 0.4) is 0 Å². The molecular formula is C25H50O6PS+. The van der Waals surface area contributed by atoms with E-state index in [1.54, 1.807) is 0 Å². The van der Waals surface area contributed by atoms with Crippen molar-refractivity contribution in [3.05, 3.63) is 0 Å². The number of hydrogen-bond acceptors (Lipinski definition) is 7. The van der Waals surface area contributed by atoms with Gasteiger partial charge in [0.05, 0.1) is 6.10 Å². The maximum atomic E-state index is 11.3. The summed E-state index contributed by atoms with van der Waals surface area (Å²) in [5.74, 6) is 1.19. The lowest BCUT2D eigenvalue weighted by Gasteiger charge is -2.24. The second kappa shape index (κ2) is 24.9. The highest BCUT2D eigenvalue weighted by Crippen LogP contribution is 2.26. The molecule has 0 aromatic heterocycles. The molecule has 0 aromatic rings. The third-order valence-electron chi connectivity index (χ3n) is 5.80. The summed E-state index contributed by atoms with van der Waals surface area (Å²) < 4.78 is 22.2. The Kier molecular flexibility index (Phi) is 24.8. The standard InChI is InChI=1S/C25H49O6PS/c1-4-6-8-10-11-12-13-14-15-17-22-33-24(19-16-9-7-5-2)23(3)29-20-18-21-30-32(28)25(26)31-27/h23-24H,4-22H2,1-3H3/p+1. The average molecular weight is 510 g/mol. The molecule has 3 unspecified atom stereocenters. The van der Waals surface area contributed by atoms with Gasteiger partial charge in [0.1, 0.15) is 6.61 Å². The van der Waals surface area contributed by atoms with Gasteiger partial charge in [-0.2, -0.15) is 21.8 Å².